The first-order valence-electron chi connectivity index (χ1n) is 5.73. The van der Waals surface area contributed by atoms with E-state index in [0.717, 1.165) is 25.7 Å². The second-order valence-corrected chi connectivity index (χ2v) is 3.92. The average Bonchev–Trinajstić information content (AvgIpc) is 2.30. The number of hydrogen-bond donors (Lipinski definition) is 1. The number of carbonyl (C=O) groups excluding carboxylic acids is 2. The number of carbonyl (C=O) groups is 2. The number of esters is 1. The van der Waals surface area contributed by atoms with Crippen LogP contribution in [-0.2, 0) is 14.3 Å². The van der Waals surface area contributed by atoms with Gasteiger partial charge in [0.05, 0.1) is 13.5 Å². The van der Waals surface area contributed by atoms with E-state index in [9.17, 15) is 9.59 Å². The largest absolute Gasteiger partial charge is 0.462 e. The molecule has 1 amide bonds. The van der Waals surface area contributed by atoms with E-state index in [-0.39, 0.29) is 25.0 Å². The van der Waals surface area contributed by atoms with Gasteiger partial charge >= 0.3 is 12.1 Å². The van der Waals surface area contributed by atoms with Crippen molar-refractivity contribution in [3.05, 3.63) is 0 Å². The van der Waals surface area contributed by atoms with Gasteiger partial charge in [-0.25, -0.2) is 4.79 Å². The minimum Gasteiger partial charge on any atom is -0.462 e. The van der Waals surface area contributed by atoms with Crippen LogP contribution in [0.3, 0.4) is 0 Å². The Morgan fingerprint density at radius 3 is 2.56 bits per heavy atom. The van der Waals surface area contributed by atoms with Gasteiger partial charge < -0.3 is 14.8 Å². The standard InChI is InChI=1S/C11H19NO4/c1-15-11(14)12-8-7-10(13)16-9-5-3-2-4-6-9/h9H,2-8H2,1H3,(H,12,14). The molecule has 0 spiro atoms. The van der Waals surface area contributed by atoms with Gasteiger partial charge in [-0.1, -0.05) is 6.42 Å². The Labute approximate surface area is 95.5 Å². The molecule has 5 nitrogen and oxygen atoms in total. The van der Waals surface area contributed by atoms with Crippen LogP contribution in [0.5, 0.6) is 0 Å². The maximum Gasteiger partial charge on any atom is 0.406 e. The summed E-state index contributed by atoms with van der Waals surface area (Å²) in [5.74, 6) is -0.247. The molecule has 0 aromatic rings. The van der Waals surface area contributed by atoms with Crippen molar-refractivity contribution in [1.82, 2.24) is 5.32 Å². The zero-order valence-corrected chi connectivity index (χ0v) is 9.66. The molecule has 0 aromatic carbocycles. The third-order valence-electron chi connectivity index (χ3n) is 2.63. The Morgan fingerprint density at radius 2 is 1.94 bits per heavy atom. The van der Waals surface area contributed by atoms with Crippen LogP contribution in [0, 0.1) is 0 Å². The molecular formula is C11H19NO4. The average molecular weight is 229 g/mol. The monoisotopic (exact) mass is 229 g/mol. The summed E-state index contributed by atoms with van der Waals surface area (Å²) in [6, 6.07) is 0. The van der Waals surface area contributed by atoms with E-state index in [1.54, 1.807) is 0 Å². The van der Waals surface area contributed by atoms with Crippen molar-refractivity contribution < 1.29 is 19.1 Å². The molecule has 0 bridgehead atoms. The molecule has 0 aliphatic heterocycles. The lowest BCUT2D eigenvalue weighted by molar-refractivity contribution is -0.150. The zero-order chi connectivity index (χ0) is 11.8. The minimum absolute atomic E-state index is 0.0828. The Kier molecular flexibility index (Phi) is 5.67. The molecule has 0 saturated heterocycles. The molecule has 92 valence electrons. The molecule has 0 radical (unpaired) electrons. The highest BCUT2D eigenvalue weighted by Crippen LogP contribution is 2.20. The molecule has 1 saturated carbocycles. The van der Waals surface area contributed by atoms with Gasteiger partial charge in [0.1, 0.15) is 6.10 Å². The van der Waals surface area contributed by atoms with Gasteiger partial charge in [-0.15, -0.1) is 0 Å². The summed E-state index contributed by atoms with van der Waals surface area (Å²) >= 11 is 0. The van der Waals surface area contributed by atoms with Gasteiger partial charge in [0.15, 0.2) is 0 Å². The number of methoxy groups -OCH3 is 1. The number of alkyl carbamates (subject to hydrolysis) is 1. The van der Waals surface area contributed by atoms with Crippen LogP contribution in [0.2, 0.25) is 0 Å². The van der Waals surface area contributed by atoms with Crippen molar-refractivity contribution in [2.45, 2.75) is 44.6 Å². The Hall–Kier alpha value is -1.26. The van der Waals surface area contributed by atoms with Crippen molar-refractivity contribution >= 4 is 12.1 Å². The van der Waals surface area contributed by atoms with E-state index in [1.165, 1.54) is 13.5 Å². The smallest absolute Gasteiger partial charge is 0.406 e. The highest BCUT2D eigenvalue weighted by atomic mass is 16.5. The van der Waals surface area contributed by atoms with E-state index in [1.807, 2.05) is 0 Å². The fourth-order valence-corrected chi connectivity index (χ4v) is 1.77. The summed E-state index contributed by atoms with van der Waals surface area (Å²) in [4.78, 5) is 22.1. The highest BCUT2D eigenvalue weighted by molar-refractivity contribution is 5.71. The lowest BCUT2D eigenvalue weighted by Gasteiger charge is -2.21. The van der Waals surface area contributed by atoms with Gasteiger partial charge in [-0.3, -0.25) is 4.79 Å². The minimum atomic E-state index is -0.523. The molecule has 5 heteroatoms. The molecule has 1 aliphatic rings. The number of nitrogens with one attached hydrogen (secondary N) is 1. The summed E-state index contributed by atoms with van der Waals surface area (Å²) in [5.41, 5.74) is 0. The van der Waals surface area contributed by atoms with Crippen molar-refractivity contribution in [3.63, 3.8) is 0 Å². The van der Waals surface area contributed by atoms with E-state index < -0.39 is 6.09 Å². The first-order valence-corrected chi connectivity index (χ1v) is 5.73. The maximum atomic E-state index is 11.4. The van der Waals surface area contributed by atoms with E-state index in [0.29, 0.717) is 0 Å². The number of ether oxygens (including phenoxy) is 2. The summed E-state index contributed by atoms with van der Waals surface area (Å²) in [7, 11) is 1.29. The highest BCUT2D eigenvalue weighted by Gasteiger charge is 2.17. The van der Waals surface area contributed by atoms with Crippen LogP contribution in [0.1, 0.15) is 38.5 Å². The van der Waals surface area contributed by atoms with Gasteiger partial charge in [-0.2, -0.15) is 0 Å². The Morgan fingerprint density at radius 1 is 1.25 bits per heavy atom. The van der Waals surface area contributed by atoms with Gasteiger partial charge in [0, 0.05) is 6.54 Å². The number of amides is 1. The van der Waals surface area contributed by atoms with Crippen LogP contribution in [-0.4, -0.2) is 31.8 Å². The fourth-order valence-electron chi connectivity index (χ4n) is 1.77. The summed E-state index contributed by atoms with van der Waals surface area (Å²) in [5, 5.41) is 2.44. The van der Waals surface area contributed by atoms with E-state index in [4.69, 9.17) is 4.74 Å². The lowest BCUT2D eigenvalue weighted by Crippen LogP contribution is -2.28. The molecule has 1 aliphatic carbocycles. The fraction of sp³-hybridized carbons (Fsp3) is 0.818. The number of rotatable bonds is 4. The maximum absolute atomic E-state index is 11.4. The van der Waals surface area contributed by atoms with Crippen molar-refractivity contribution in [2.75, 3.05) is 13.7 Å². The van der Waals surface area contributed by atoms with Crippen molar-refractivity contribution in [2.24, 2.45) is 0 Å². The lowest BCUT2D eigenvalue weighted by atomic mass is 9.98. The molecule has 1 fully saturated rings. The third kappa shape index (κ3) is 5.00. The molecule has 1 N–H and O–H groups in total. The van der Waals surface area contributed by atoms with Crippen LogP contribution in [0.4, 0.5) is 4.79 Å². The first kappa shape index (κ1) is 12.8. The molecule has 0 unspecified atom stereocenters. The first-order chi connectivity index (χ1) is 7.72. The molecule has 16 heavy (non-hydrogen) atoms. The Balaban J connectivity index is 2.08. The van der Waals surface area contributed by atoms with Crippen molar-refractivity contribution in [1.29, 1.82) is 0 Å². The van der Waals surface area contributed by atoms with Gasteiger partial charge in [0.25, 0.3) is 0 Å². The van der Waals surface area contributed by atoms with Crippen molar-refractivity contribution in [3.8, 4) is 0 Å². The van der Waals surface area contributed by atoms with Crippen LogP contribution < -0.4 is 5.32 Å². The quantitative estimate of drug-likeness (QED) is 0.744. The van der Waals surface area contributed by atoms with E-state index in [2.05, 4.69) is 10.1 Å². The topological polar surface area (TPSA) is 64.6 Å². The number of hydrogen-bond acceptors (Lipinski definition) is 4. The molecule has 0 heterocycles. The molecular weight excluding hydrogens is 210 g/mol. The second-order valence-electron chi connectivity index (χ2n) is 3.92. The summed E-state index contributed by atoms with van der Waals surface area (Å²) < 4.78 is 9.66. The summed E-state index contributed by atoms with van der Waals surface area (Å²) in [6.07, 6.45) is 5.21. The predicted octanol–water partition coefficient (Wildman–Crippen LogP) is 1.61. The van der Waals surface area contributed by atoms with Gasteiger partial charge in [-0.05, 0) is 25.7 Å². The molecule has 0 aromatic heterocycles. The van der Waals surface area contributed by atoms with Crippen LogP contribution >= 0.6 is 0 Å². The predicted molar refractivity (Wildman–Crippen MR) is 58.0 cm³/mol. The molecule has 1 rings (SSSR count). The third-order valence-corrected chi connectivity index (χ3v) is 2.63. The van der Waals surface area contributed by atoms with E-state index >= 15 is 0 Å². The molecule has 0 atom stereocenters. The van der Waals surface area contributed by atoms with Crippen LogP contribution in [0.15, 0.2) is 0 Å². The zero-order valence-electron chi connectivity index (χ0n) is 9.66. The normalized spacial score (nSPS) is 16.6. The Bertz CT molecular complexity index is 236. The summed E-state index contributed by atoms with van der Waals surface area (Å²) in [6.45, 7) is 0.262. The SMILES string of the molecule is COC(=O)NCCC(=O)OC1CCCCC1. The van der Waals surface area contributed by atoms with Gasteiger partial charge in [0.2, 0.25) is 0 Å². The second kappa shape index (κ2) is 7.09. The van der Waals surface area contributed by atoms with Crippen LogP contribution in [0.25, 0.3) is 0 Å².